The van der Waals surface area contributed by atoms with E-state index in [0.717, 1.165) is 52.7 Å². The maximum absolute atomic E-state index is 14.4. The molecule has 4 atom stereocenters. The van der Waals surface area contributed by atoms with Crippen LogP contribution >= 0.6 is 0 Å². The van der Waals surface area contributed by atoms with Crippen LogP contribution in [-0.4, -0.2) is 63.6 Å². The largest absolute Gasteiger partial charge is 0.504 e. The molecule has 0 unspecified atom stereocenters. The Morgan fingerprint density at radius 1 is 1.02 bits per heavy atom. The Morgan fingerprint density at radius 3 is 2.59 bits per heavy atom. The van der Waals surface area contributed by atoms with Crippen molar-refractivity contribution in [3.8, 4) is 11.5 Å². The van der Waals surface area contributed by atoms with Gasteiger partial charge in [-0.05, 0) is 102 Å². The minimum atomic E-state index is -0.629. The van der Waals surface area contributed by atoms with E-state index >= 15 is 0 Å². The summed E-state index contributed by atoms with van der Waals surface area (Å²) in [5, 5.41) is 26.4. The van der Waals surface area contributed by atoms with Crippen molar-refractivity contribution in [2.45, 2.75) is 90.9 Å². The normalized spacial score (nSPS) is 22.6. The number of rotatable bonds is 7. The Balaban J connectivity index is 1.38. The summed E-state index contributed by atoms with van der Waals surface area (Å²) in [6.07, 6.45) is 24.7. The van der Waals surface area contributed by atoms with Gasteiger partial charge in [-0.2, -0.15) is 0 Å². The number of phenols is 1. The molecule has 4 heterocycles. The molecule has 2 aromatic carbocycles. The molecule has 0 amide bonds. The van der Waals surface area contributed by atoms with Gasteiger partial charge in [0, 0.05) is 74.8 Å². The molecule has 2 aliphatic heterocycles. The Labute approximate surface area is 346 Å². The smallest absolute Gasteiger partial charge is 0.302 e. The van der Waals surface area contributed by atoms with E-state index in [1.54, 1.807) is 25.1 Å². The molecule has 0 fully saturated rings. The number of ether oxygens (including phenoxy) is 2. The molecule has 11 heteroatoms. The van der Waals surface area contributed by atoms with Crippen molar-refractivity contribution in [3.63, 3.8) is 0 Å². The topological polar surface area (TPSA) is 146 Å². The highest BCUT2D eigenvalue weighted by atomic mass is 16.5. The molecule has 3 aliphatic rings. The first kappa shape index (κ1) is 41.4. The van der Waals surface area contributed by atoms with E-state index in [1.165, 1.54) is 30.7 Å². The van der Waals surface area contributed by atoms with Crippen molar-refractivity contribution in [1.29, 1.82) is 0 Å². The van der Waals surface area contributed by atoms with Crippen molar-refractivity contribution in [3.05, 3.63) is 125 Å². The number of nitrogens with zero attached hydrogens (tertiary/aromatic N) is 2. The molecule has 2 aromatic heterocycles. The number of allylic oxidation sites excluding steroid dienone is 6. The Morgan fingerprint density at radius 2 is 1.83 bits per heavy atom. The number of aliphatic hydroxyl groups is 1. The predicted molar refractivity (Wildman–Crippen MR) is 229 cm³/mol. The zero-order valence-corrected chi connectivity index (χ0v) is 34.5. The lowest BCUT2D eigenvalue weighted by Gasteiger charge is -2.38. The van der Waals surface area contributed by atoms with Crippen molar-refractivity contribution >= 4 is 34.0 Å². The van der Waals surface area contributed by atoms with Crippen LogP contribution in [0.15, 0.2) is 103 Å². The van der Waals surface area contributed by atoms with Gasteiger partial charge in [0.15, 0.2) is 11.5 Å². The Bertz CT molecular complexity index is 2330. The van der Waals surface area contributed by atoms with Gasteiger partial charge in [-0.25, -0.2) is 0 Å². The number of phenolic OH excluding ortho intramolecular Hbond substituents is 1. The number of aliphatic hydroxyl groups excluding tert-OH is 1. The van der Waals surface area contributed by atoms with Gasteiger partial charge in [-0.3, -0.25) is 14.4 Å². The molecule has 4 aromatic rings. The summed E-state index contributed by atoms with van der Waals surface area (Å²) in [6.45, 7) is 6.08. The number of aryl methyl sites for hydroxylation is 1. The van der Waals surface area contributed by atoms with Crippen LogP contribution in [0.1, 0.15) is 87.6 Å². The molecule has 1 spiro atoms. The van der Waals surface area contributed by atoms with E-state index in [2.05, 4.69) is 71.0 Å². The minimum absolute atomic E-state index is 0.0213. The van der Waals surface area contributed by atoms with E-state index in [-0.39, 0.29) is 53.8 Å². The van der Waals surface area contributed by atoms with E-state index in [1.807, 2.05) is 29.1 Å². The van der Waals surface area contributed by atoms with Crippen LogP contribution in [0.3, 0.4) is 0 Å². The van der Waals surface area contributed by atoms with Crippen LogP contribution in [0.25, 0.3) is 10.8 Å². The number of hydrogen-bond donors (Lipinski definition) is 4. The summed E-state index contributed by atoms with van der Waals surface area (Å²) in [6, 6.07) is 8.43. The molecule has 0 saturated carbocycles. The minimum Gasteiger partial charge on any atom is -0.504 e. The average Bonchev–Trinajstić information content (AvgIpc) is 3.86. The van der Waals surface area contributed by atoms with Crippen LogP contribution in [0, 0.1) is 11.3 Å². The summed E-state index contributed by atoms with van der Waals surface area (Å²) < 4.78 is 13.4. The number of carbonyl (C=O) groups excluding carboxylic acids is 3. The second kappa shape index (κ2) is 18.0. The second-order valence-electron chi connectivity index (χ2n) is 16.3. The van der Waals surface area contributed by atoms with E-state index in [0.29, 0.717) is 32.4 Å². The average molecular weight is 801 g/mol. The third-order valence-electron chi connectivity index (χ3n) is 12.4. The molecule has 0 radical (unpaired) electrons. The lowest BCUT2D eigenvalue weighted by molar-refractivity contribution is -0.148. The third kappa shape index (κ3) is 9.25. The quantitative estimate of drug-likeness (QED) is 0.137. The first-order valence-electron chi connectivity index (χ1n) is 20.7. The van der Waals surface area contributed by atoms with Crippen LogP contribution in [-0.2, 0) is 38.6 Å². The molecule has 4 bridgehead atoms. The zero-order chi connectivity index (χ0) is 41.7. The van der Waals surface area contributed by atoms with Gasteiger partial charge in [0.1, 0.15) is 23.5 Å². The fourth-order valence-electron chi connectivity index (χ4n) is 9.02. The monoisotopic (exact) mass is 800 g/mol. The van der Waals surface area contributed by atoms with Gasteiger partial charge < -0.3 is 39.5 Å². The lowest BCUT2D eigenvalue weighted by Crippen LogP contribution is -2.35. The molecule has 310 valence electrons. The number of aromatic hydroxyl groups is 1. The fourth-order valence-corrected chi connectivity index (χ4v) is 9.02. The molecule has 59 heavy (non-hydrogen) atoms. The highest BCUT2D eigenvalue weighted by Gasteiger charge is 2.36. The third-order valence-corrected chi connectivity index (χ3v) is 12.4. The second-order valence-corrected chi connectivity index (χ2v) is 16.3. The van der Waals surface area contributed by atoms with E-state index in [9.17, 15) is 24.6 Å². The molecule has 4 N–H and O–H groups in total. The number of aromatic nitrogens is 2. The molecular weight excluding hydrogens is 745 g/mol. The van der Waals surface area contributed by atoms with Gasteiger partial charge in [0.25, 0.3) is 0 Å². The van der Waals surface area contributed by atoms with Crippen molar-refractivity contribution in [1.82, 2.24) is 14.9 Å². The molecular formula is C48H56N4O7. The number of H-pyrrole nitrogens is 1. The number of carbonyl (C=O) groups is 3. The number of nitrogens with one attached hydrogen (secondary N) is 2. The predicted octanol–water partition coefficient (Wildman–Crippen LogP) is 7.92. The van der Waals surface area contributed by atoms with Crippen molar-refractivity contribution in [2.24, 2.45) is 11.3 Å². The number of fused-ring (bicyclic) bond motifs is 3. The number of hydrogen-bond acceptors (Lipinski definition) is 9. The van der Waals surface area contributed by atoms with E-state index < -0.39 is 18.1 Å². The fraction of sp³-hybridized carbons (Fsp3) is 0.396. The molecule has 1 aliphatic carbocycles. The van der Waals surface area contributed by atoms with Gasteiger partial charge in [-0.15, -0.1) is 0 Å². The Kier molecular flexibility index (Phi) is 12.6. The number of benzene rings is 2. The number of ketones is 2. The number of anilines is 1. The van der Waals surface area contributed by atoms with Gasteiger partial charge in [0.05, 0.1) is 25.4 Å². The summed E-state index contributed by atoms with van der Waals surface area (Å²) in [5.74, 6) is 0.892. The van der Waals surface area contributed by atoms with Gasteiger partial charge >= 0.3 is 5.97 Å². The molecule has 7 rings (SSSR count). The van der Waals surface area contributed by atoms with Crippen molar-refractivity contribution < 1.29 is 34.1 Å². The molecule has 11 nitrogen and oxygen atoms in total. The highest BCUT2D eigenvalue weighted by Crippen LogP contribution is 2.43. The summed E-state index contributed by atoms with van der Waals surface area (Å²) in [7, 11) is 1.49. The van der Waals surface area contributed by atoms with Gasteiger partial charge in [-0.1, -0.05) is 49.4 Å². The Hall–Kier alpha value is -5.81. The highest BCUT2D eigenvalue weighted by molar-refractivity contribution is 5.97. The van der Waals surface area contributed by atoms with Crippen LogP contribution in [0.4, 0.5) is 5.69 Å². The summed E-state index contributed by atoms with van der Waals surface area (Å²) in [4.78, 5) is 45.0. The van der Waals surface area contributed by atoms with Gasteiger partial charge in [0.2, 0.25) is 0 Å². The van der Waals surface area contributed by atoms with Crippen LogP contribution in [0.5, 0.6) is 11.5 Å². The van der Waals surface area contributed by atoms with Crippen LogP contribution in [0.2, 0.25) is 0 Å². The SMILES string of the molecule is COc1cc([C@@H]2CC(=O)C[C@H](OC(C)=O)CC[C@@]3(C=CC=C[C@H]3C)Cc3c[nH]cc3CCC3=CCNC(=C3)N(CCC(C)=O)c3ccc(CO)c4cn2cc34)ccc1O. The lowest BCUT2D eigenvalue weighted by atomic mass is 9.66. The number of methoxy groups -OCH3 is 1. The number of esters is 1. The number of Topliss-reactive ketones (excluding diaryl/α,β-unsaturated/α-hetero) is 2. The maximum Gasteiger partial charge on any atom is 0.302 e. The maximum atomic E-state index is 14.4. The zero-order valence-electron chi connectivity index (χ0n) is 34.5. The first-order chi connectivity index (χ1) is 28.5. The summed E-state index contributed by atoms with van der Waals surface area (Å²) >= 11 is 0. The summed E-state index contributed by atoms with van der Waals surface area (Å²) in [5.41, 5.74) is 5.73. The first-order valence-corrected chi connectivity index (χ1v) is 20.7. The number of dihydropyridines is 1. The van der Waals surface area contributed by atoms with Crippen molar-refractivity contribution in [2.75, 3.05) is 25.1 Å². The van der Waals surface area contributed by atoms with Crippen LogP contribution < -0.4 is 15.0 Å². The number of aromatic amines is 1. The molecule has 0 saturated heterocycles. The standard InChI is InChI=1S/C48H56N4O7/c1-31-7-5-6-17-48(31)18-14-40(59-33(3)55)23-39(56)24-44(35-11-13-45(57)46(22-35)58-4)51-28-41-37(30-53)10-12-43(42(41)29-51)52(20-16-32(2)54)47-21-34(15-19-50-47)8-9-36-26-49-27-38(36)25-48/h5-7,10-13,15,17,21-22,26-29,31,40,44,49-50,53,57H,8-9,14,16,18-20,23-25,30H2,1-4H3/t31-,40-,44+,48+/m1/s1. The van der Waals surface area contributed by atoms with E-state index in [4.69, 9.17) is 9.47 Å².